The van der Waals surface area contributed by atoms with Crippen LogP contribution in [0.4, 0.5) is 0 Å². The van der Waals surface area contributed by atoms with Gasteiger partial charge >= 0.3 is 0 Å². The highest BCUT2D eigenvalue weighted by Gasteiger charge is 2.28. The third-order valence-corrected chi connectivity index (χ3v) is 2.89. The van der Waals surface area contributed by atoms with E-state index in [0.717, 1.165) is 12.5 Å². The van der Waals surface area contributed by atoms with E-state index in [2.05, 4.69) is 18.9 Å². The first-order valence-corrected chi connectivity index (χ1v) is 5.68. The minimum absolute atomic E-state index is 0.437. The van der Waals surface area contributed by atoms with Crippen LogP contribution in [0.5, 0.6) is 0 Å². The van der Waals surface area contributed by atoms with Gasteiger partial charge in [-0.3, -0.25) is 0 Å². The Labute approximate surface area is 82.5 Å². The molecule has 0 saturated heterocycles. The average molecular weight is 184 g/mol. The molecule has 1 atom stereocenters. The van der Waals surface area contributed by atoms with Gasteiger partial charge in [0.05, 0.1) is 0 Å². The van der Waals surface area contributed by atoms with Gasteiger partial charge < -0.3 is 10.6 Å². The lowest BCUT2D eigenvalue weighted by Crippen LogP contribution is -2.37. The van der Waals surface area contributed by atoms with Gasteiger partial charge in [0.15, 0.2) is 0 Å². The monoisotopic (exact) mass is 184 g/mol. The van der Waals surface area contributed by atoms with Crippen LogP contribution in [-0.4, -0.2) is 31.1 Å². The molecule has 1 fully saturated rings. The maximum absolute atomic E-state index is 6.04. The summed E-state index contributed by atoms with van der Waals surface area (Å²) in [6, 6.07) is 0.437. The van der Waals surface area contributed by atoms with Crippen molar-refractivity contribution in [3.05, 3.63) is 0 Å². The fourth-order valence-electron chi connectivity index (χ4n) is 1.76. The summed E-state index contributed by atoms with van der Waals surface area (Å²) in [5.41, 5.74) is 6.04. The Balaban J connectivity index is 1.98. The van der Waals surface area contributed by atoms with Crippen molar-refractivity contribution in [2.75, 3.05) is 20.1 Å². The van der Waals surface area contributed by atoms with Crippen LogP contribution in [0, 0.1) is 5.92 Å². The molecule has 0 bridgehead atoms. The van der Waals surface area contributed by atoms with E-state index in [-0.39, 0.29) is 0 Å². The molecule has 0 aromatic carbocycles. The van der Waals surface area contributed by atoms with E-state index in [4.69, 9.17) is 5.73 Å². The number of nitrogens with zero attached hydrogens (tertiary/aromatic N) is 1. The molecule has 0 amide bonds. The standard InChI is InChI=1S/C11H24N2/c1-3-4-5-8-13(2)9-11(12)10-6-7-10/h10-11H,3-9,12H2,1-2H3. The van der Waals surface area contributed by atoms with Crippen molar-refractivity contribution in [1.82, 2.24) is 4.90 Å². The van der Waals surface area contributed by atoms with E-state index >= 15 is 0 Å². The molecule has 1 aliphatic rings. The fourth-order valence-corrected chi connectivity index (χ4v) is 1.76. The molecule has 13 heavy (non-hydrogen) atoms. The zero-order chi connectivity index (χ0) is 9.68. The lowest BCUT2D eigenvalue weighted by Gasteiger charge is -2.20. The van der Waals surface area contributed by atoms with Crippen LogP contribution < -0.4 is 5.73 Å². The van der Waals surface area contributed by atoms with E-state index in [9.17, 15) is 0 Å². The van der Waals surface area contributed by atoms with Gasteiger partial charge in [0.25, 0.3) is 0 Å². The Morgan fingerprint density at radius 3 is 2.62 bits per heavy atom. The predicted octanol–water partition coefficient (Wildman–Crippen LogP) is 1.85. The maximum Gasteiger partial charge on any atom is 0.0196 e. The van der Waals surface area contributed by atoms with Crippen molar-refractivity contribution in [2.45, 2.75) is 45.1 Å². The van der Waals surface area contributed by atoms with Crippen molar-refractivity contribution >= 4 is 0 Å². The minimum atomic E-state index is 0.437. The highest BCUT2D eigenvalue weighted by molar-refractivity contribution is 4.85. The molecule has 0 heterocycles. The Morgan fingerprint density at radius 2 is 2.08 bits per heavy atom. The zero-order valence-corrected chi connectivity index (χ0v) is 9.13. The number of hydrogen-bond acceptors (Lipinski definition) is 2. The molecule has 2 heteroatoms. The number of likely N-dealkylation sites (N-methyl/N-ethyl adjacent to an activating group) is 1. The Bertz CT molecular complexity index is 132. The molecule has 1 saturated carbocycles. The normalized spacial score (nSPS) is 19.4. The summed E-state index contributed by atoms with van der Waals surface area (Å²) < 4.78 is 0. The molecule has 0 radical (unpaired) electrons. The summed E-state index contributed by atoms with van der Waals surface area (Å²) in [5, 5.41) is 0. The average Bonchev–Trinajstić information content (AvgIpc) is 2.86. The van der Waals surface area contributed by atoms with Crippen molar-refractivity contribution in [3.8, 4) is 0 Å². The molecule has 0 aromatic rings. The second-order valence-electron chi connectivity index (χ2n) is 4.47. The predicted molar refractivity (Wildman–Crippen MR) is 57.7 cm³/mol. The molecule has 78 valence electrons. The van der Waals surface area contributed by atoms with Crippen LogP contribution in [0.1, 0.15) is 39.0 Å². The summed E-state index contributed by atoms with van der Waals surface area (Å²) in [6.07, 6.45) is 6.71. The molecule has 1 aliphatic carbocycles. The largest absolute Gasteiger partial charge is 0.326 e. The SMILES string of the molecule is CCCCCN(C)CC(N)C1CC1. The third-order valence-electron chi connectivity index (χ3n) is 2.89. The van der Waals surface area contributed by atoms with Gasteiger partial charge in [0.1, 0.15) is 0 Å². The summed E-state index contributed by atoms with van der Waals surface area (Å²) in [4.78, 5) is 2.39. The van der Waals surface area contributed by atoms with E-state index in [1.807, 2.05) is 0 Å². The van der Waals surface area contributed by atoms with Gasteiger partial charge in [-0.25, -0.2) is 0 Å². The lowest BCUT2D eigenvalue weighted by molar-refractivity contribution is 0.293. The first-order valence-electron chi connectivity index (χ1n) is 5.68. The molecule has 0 spiro atoms. The second kappa shape index (κ2) is 5.61. The summed E-state index contributed by atoms with van der Waals surface area (Å²) in [7, 11) is 2.19. The molecule has 0 aromatic heterocycles. The molecule has 1 unspecified atom stereocenters. The van der Waals surface area contributed by atoms with Gasteiger partial charge in [-0.15, -0.1) is 0 Å². The van der Waals surface area contributed by atoms with Gasteiger partial charge in [0.2, 0.25) is 0 Å². The number of hydrogen-bond donors (Lipinski definition) is 1. The fraction of sp³-hybridized carbons (Fsp3) is 1.00. The van der Waals surface area contributed by atoms with Crippen molar-refractivity contribution < 1.29 is 0 Å². The van der Waals surface area contributed by atoms with E-state index < -0.39 is 0 Å². The molecule has 0 aliphatic heterocycles. The van der Waals surface area contributed by atoms with Crippen molar-refractivity contribution in [2.24, 2.45) is 11.7 Å². The first kappa shape index (κ1) is 11.0. The van der Waals surface area contributed by atoms with Crippen LogP contribution >= 0.6 is 0 Å². The van der Waals surface area contributed by atoms with Crippen LogP contribution in [0.3, 0.4) is 0 Å². The van der Waals surface area contributed by atoms with Gasteiger partial charge in [0, 0.05) is 12.6 Å². The number of nitrogens with two attached hydrogens (primary N) is 1. The Kier molecular flexibility index (Phi) is 4.74. The second-order valence-corrected chi connectivity index (χ2v) is 4.47. The molecule has 2 N–H and O–H groups in total. The lowest BCUT2D eigenvalue weighted by atomic mass is 10.2. The van der Waals surface area contributed by atoms with Gasteiger partial charge in [-0.2, -0.15) is 0 Å². The zero-order valence-electron chi connectivity index (χ0n) is 9.13. The smallest absolute Gasteiger partial charge is 0.0196 e. The van der Waals surface area contributed by atoms with E-state index in [1.54, 1.807) is 0 Å². The quantitative estimate of drug-likeness (QED) is 0.612. The highest BCUT2D eigenvalue weighted by atomic mass is 15.1. The summed E-state index contributed by atoms with van der Waals surface area (Å²) in [5.74, 6) is 0.841. The topological polar surface area (TPSA) is 29.3 Å². The summed E-state index contributed by atoms with van der Waals surface area (Å²) in [6.45, 7) is 4.55. The van der Waals surface area contributed by atoms with Crippen molar-refractivity contribution in [1.29, 1.82) is 0 Å². The molecular weight excluding hydrogens is 160 g/mol. The minimum Gasteiger partial charge on any atom is -0.326 e. The van der Waals surface area contributed by atoms with E-state index in [1.165, 1.54) is 38.6 Å². The first-order chi connectivity index (χ1) is 6.24. The highest BCUT2D eigenvalue weighted by Crippen LogP contribution is 2.31. The molecule has 2 nitrogen and oxygen atoms in total. The van der Waals surface area contributed by atoms with E-state index in [0.29, 0.717) is 6.04 Å². The molecular formula is C11H24N2. The van der Waals surface area contributed by atoms with Crippen LogP contribution in [0.2, 0.25) is 0 Å². The van der Waals surface area contributed by atoms with Crippen LogP contribution in [-0.2, 0) is 0 Å². The Morgan fingerprint density at radius 1 is 1.38 bits per heavy atom. The number of rotatable bonds is 7. The Hall–Kier alpha value is -0.0800. The summed E-state index contributed by atoms with van der Waals surface area (Å²) >= 11 is 0. The van der Waals surface area contributed by atoms with Crippen LogP contribution in [0.25, 0.3) is 0 Å². The van der Waals surface area contributed by atoms with Crippen LogP contribution in [0.15, 0.2) is 0 Å². The van der Waals surface area contributed by atoms with Crippen molar-refractivity contribution in [3.63, 3.8) is 0 Å². The van der Waals surface area contributed by atoms with Gasteiger partial charge in [-0.1, -0.05) is 19.8 Å². The van der Waals surface area contributed by atoms with Gasteiger partial charge in [-0.05, 0) is 38.8 Å². The number of unbranched alkanes of at least 4 members (excludes halogenated alkanes) is 2. The third kappa shape index (κ3) is 4.63. The molecule has 1 rings (SSSR count). The maximum atomic E-state index is 6.04.